The number of ether oxygens (including phenoxy) is 1. The summed E-state index contributed by atoms with van der Waals surface area (Å²) < 4.78 is 5.20. The summed E-state index contributed by atoms with van der Waals surface area (Å²) in [7, 11) is 0. The zero-order valence-electron chi connectivity index (χ0n) is 8.48. The number of hydrogen-bond donors (Lipinski definition) is 2. The fourth-order valence-electron chi connectivity index (χ4n) is 1.46. The van der Waals surface area contributed by atoms with Crippen LogP contribution in [0.5, 0.6) is 0 Å². The number of nitrogens with zero attached hydrogens (tertiary/aromatic N) is 1. The molecule has 1 unspecified atom stereocenters. The third-order valence-corrected chi connectivity index (χ3v) is 2.63. The van der Waals surface area contributed by atoms with Crippen molar-refractivity contribution < 1.29 is 9.53 Å². The fourth-order valence-corrected chi connectivity index (χ4v) is 1.46. The van der Waals surface area contributed by atoms with E-state index in [-0.39, 0.29) is 12.1 Å². The van der Waals surface area contributed by atoms with Crippen LogP contribution in [0.1, 0.15) is 25.0 Å². The molecule has 1 saturated carbocycles. The van der Waals surface area contributed by atoms with Gasteiger partial charge >= 0.3 is 5.97 Å². The van der Waals surface area contributed by atoms with Gasteiger partial charge in [0, 0.05) is 18.3 Å². The van der Waals surface area contributed by atoms with Gasteiger partial charge < -0.3 is 15.5 Å². The van der Waals surface area contributed by atoms with Crippen molar-refractivity contribution in [3.05, 3.63) is 18.2 Å². The number of imidazole rings is 1. The van der Waals surface area contributed by atoms with E-state index in [0.717, 1.165) is 25.0 Å². The predicted molar refractivity (Wildman–Crippen MR) is 54.0 cm³/mol. The summed E-state index contributed by atoms with van der Waals surface area (Å²) in [6.45, 7) is 0. The summed E-state index contributed by atoms with van der Waals surface area (Å²) in [5.41, 5.74) is 6.57. The van der Waals surface area contributed by atoms with E-state index in [2.05, 4.69) is 9.97 Å². The van der Waals surface area contributed by atoms with E-state index in [4.69, 9.17) is 10.5 Å². The van der Waals surface area contributed by atoms with Crippen molar-refractivity contribution in [3.8, 4) is 0 Å². The zero-order valence-corrected chi connectivity index (χ0v) is 8.48. The van der Waals surface area contributed by atoms with Crippen molar-refractivity contribution in [2.45, 2.75) is 37.8 Å². The molecule has 15 heavy (non-hydrogen) atoms. The van der Waals surface area contributed by atoms with Crippen LogP contribution in [-0.4, -0.2) is 28.1 Å². The van der Waals surface area contributed by atoms with Gasteiger partial charge in [-0.25, -0.2) is 4.98 Å². The Kier molecular flexibility index (Phi) is 3.01. The van der Waals surface area contributed by atoms with Crippen molar-refractivity contribution in [1.29, 1.82) is 0 Å². The first-order valence-electron chi connectivity index (χ1n) is 5.19. The average Bonchev–Trinajstić information content (AvgIpc) is 2.63. The third kappa shape index (κ3) is 2.56. The number of aromatic nitrogens is 2. The first kappa shape index (κ1) is 10.2. The summed E-state index contributed by atoms with van der Waals surface area (Å²) in [6.07, 6.45) is 6.88. The second kappa shape index (κ2) is 4.44. The maximum atomic E-state index is 11.5. The number of carbonyl (C=O) groups excluding carboxylic acids is 1. The molecular formula is C10H15N3O2. The molecule has 82 valence electrons. The van der Waals surface area contributed by atoms with Crippen molar-refractivity contribution in [2.24, 2.45) is 5.73 Å². The third-order valence-electron chi connectivity index (χ3n) is 2.63. The fraction of sp³-hybridized carbons (Fsp3) is 0.600. The average molecular weight is 209 g/mol. The second-order valence-corrected chi connectivity index (χ2v) is 3.88. The molecule has 2 rings (SSSR count). The molecule has 1 atom stereocenters. The molecular weight excluding hydrogens is 194 g/mol. The van der Waals surface area contributed by atoms with Crippen LogP contribution in [0.2, 0.25) is 0 Å². The highest BCUT2D eigenvalue weighted by molar-refractivity contribution is 5.76. The first-order chi connectivity index (χ1) is 7.25. The molecule has 5 nitrogen and oxygen atoms in total. The molecule has 0 amide bonds. The summed E-state index contributed by atoms with van der Waals surface area (Å²) >= 11 is 0. The minimum absolute atomic E-state index is 0.102. The van der Waals surface area contributed by atoms with E-state index in [9.17, 15) is 4.79 Å². The van der Waals surface area contributed by atoms with Crippen molar-refractivity contribution in [3.63, 3.8) is 0 Å². The molecule has 1 fully saturated rings. The van der Waals surface area contributed by atoms with Crippen molar-refractivity contribution in [2.75, 3.05) is 0 Å². The van der Waals surface area contributed by atoms with Gasteiger partial charge in [0.1, 0.15) is 12.1 Å². The number of nitrogens with one attached hydrogen (secondary N) is 1. The smallest absolute Gasteiger partial charge is 0.323 e. The standard InChI is InChI=1S/C10H15N3O2/c11-9(4-7-5-12-6-13-7)10(14)15-8-2-1-3-8/h5-6,8-9H,1-4,11H2,(H,12,13). The Morgan fingerprint density at radius 1 is 1.73 bits per heavy atom. The van der Waals surface area contributed by atoms with Gasteiger partial charge in [0.05, 0.1) is 6.33 Å². The Morgan fingerprint density at radius 3 is 3.07 bits per heavy atom. The second-order valence-electron chi connectivity index (χ2n) is 3.88. The van der Waals surface area contributed by atoms with E-state index >= 15 is 0 Å². The van der Waals surface area contributed by atoms with Gasteiger partial charge in [-0.15, -0.1) is 0 Å². The minimum Gasteiger partial charge on any atom is -0.461 e. The van der Waals surface area contributed by atoms with Crippen molar-refractivity contribution in [1.82, 2.24) is 9.97 Å². The van der Waals surface area contributed by atoms with Crippen LogP contribution in [0.15, 0.2) is 12.5 Å². The van der Waals surface area contributed by atoms with Gasteiger partial charge in [-0.05, 0) is 19.3 Å². The van der Waals surface area contributed by atoms with E-state index in [1.54, 1.807) is 12.5 Å². The lowest BCUT2D eigenvalue weighted by molar-refractivity contribution is -0.154. The first-order valence-corrected chi connectivity index (χ1v) is 5.19. The van der Waals surface area contributed by atoms with E-state index < -0.39 is 6.04 Å². The largest absolute Gasteiger partial charge is 0.461 e. The number of rotatable bonds is 4. The molecule has 1 aromatic heterocycles. The Hall–Kier alpha value is -1.36. The van der Waals surface area contributed by atoms with Gasteiger partial charge in [-0.1, -0.05) is 0 Å². The summed E-state index contributed by atoms with van der Waals surface area (Å²) in [4.78, 5) is 18.3. The number of aromatic amines is 1. The lowest BCUT2D eigenvalue weighted by Crippen LogP contribution is -2.38. The highest BCUT2D eigenvalue weighted by atomic mass is 16.5. The van der Waals surface area contributed by atoms with Crippen LogP contribution in [-0.2, 0) is 16.0 Å². The molecule has 0 aliphatic heterocycles. The summed E-state index contributed by atoms with van der Waals surface area (Å²) in [5.74, 6) is -0.311. The Balaban J connectivity index is 1.79. The van der Waals surface area contributed by atoms with Gasteiger partial charge in [0.15, 0.2) is 0 Å². The van der Waals surface area contributed by atoms with E-state index in [1.807, 2.05) is 0 Å². The van der Waals surface area contributed by atoms with E-state index in [0.29, 0.717) is 6.42 Å². The highest BCUT2D eigenvalue weighted by Crippen LogP contribution is 2.22. The molecule has 3 N–H and O–H groups in total. The minimum atomic E-state index is -0.592. The Labute approximate surface area is 88.0 Å². The number of H-pyrrole nitrogens is 1. The molecule has 0 bridgehead atoms. The SMILES string of the molecule is NC(Cc1cnc[nH]1)C(=O)OC1CCC1. The predicted octanol–water partition coefficient (Wildman–Crippen LogP) is 0.375. The van der Waals surface area contributed by atoms with Crippen LogP contribution in [0.4, 0.5) is 0 Å². The maximum Gasteiger partial charge on any atom is 0.323 e. The van der Waals surface area contributed by atoms with Crippen LogP contribution < -0.4 is 5.73 Å². The highest BCUT2D eigenvalue weighted by Gasteiger charge is 2.25. The van der Waals surface area contributed by atoms with Gasteiger partial charge in [-0.2, -0.15) is 0 Å². The summed E-state index contributed by atoms with van der Waals surface area (Å²) in [6, 6.07) is -0.592. The molecule has 1 heterocycles. The number of carbonyl (C=O) groups is 1. The molecule has 0 aromatic carbocycles. The van der Waals surface area contributed by atoms with Crippen LogP contribution in [0.25, 0.3) is 0 Å². The topological polar surface area (TPSA) is 81.0 Å². The van der Waals surface area contributed by atoms with Crippen LogP contribution >= 0.6 is 0 Å². The molecule has 5 heteroatoms. The number of hydrogen-bond acceptors (Lipinski definition) is 4. The van der Waals surface area contributed by atoms with Gasteiger partial charge in [0.2, 0.25) is 0 Å². The van der Waals surface area contributed by atoms with E-state index in [1.165, 1.54) is 0 Å². The normalized spacial score (nSPS) is 18.2. The molecule has 1 aliphatic carbocycles. The van der Waals surface area contributed by atoms with Crippen LogP contribution in [0.3, 0.4) is 0 Å². The van der Waals surface area contributed by atoms with Gasteiger partial charge in [0.25, 0.3) is 0 Å². The molecule has 0 saturated heterocycles. The lowest BCUT2D eigenvalue weighted by Gasteiger charge is -2.26. The lowest BCUT2D eigenvalue weighted by atomic mass is 9.96. The molecule has 1 aromatic rings. The number of nitrogens with two attached hydrogens (primary N) is 1. The van der Waals surface area contributed by atoms with Gasteiger partial charge in [-0.3, -0.25) is 4.79 Å². The molecule has 1 aliphatic rings. The quantitative estimate of drug-likeness (QED) is 0.702. The molecule has 0 radical (unpaired) electrons. The Bertz CT molecular complexity index is 319. The molecule has 0 spiro atoms. The van der Waals surface area contributed by atoms with Crippen LogP contribution in [0, 0.1) is 0 Å². The Morgan fingerprint density at radius 2 is 2.53 bits per heavy atom. The van der Waals surface area contributed by atoms with Crippen molar-refractivity contribution >= 4 is 5.97 Å². The number of esters is 1. The zero-order chi connectivity index (χ0) is 10.7. The summed E-state index contributed by atoms with van der Waals surface area (Å²) in [5, 5.41) is 0. The monoisotopic (exact) mass is 209 g/mol. The maximum absolute atomic E-state index is 11.5.